The van der Waals surface area contributed by atoms with Crippen molar-refractivity contribution < 1.29 is 0 Å². The van der Waals surface area contributed by atoms with E-state index < -0.39 is 0 Å². The van der Waals surface area contributed by atoms with Crippen LogP contribution in [-0.2, 0) is 0 Å². The van der Waals surface area contributed by atoms with Gasteiger partial charge in [0.2, 0.25) is 0 Å². The lowest BCUT2D eigenvalue weighted by Gasteiger charge is -2.00. The number of unbranched alkanes of at least 4 members (excludes halogenated alkanes) is 10. The van der Waals surface area contributed by atoms with Gasteiger partial charge in [-0.3, -0.25) is 0 Å². The van der Waals surface area contributed by atoms with Crippen molar-refractivity contribution in [3.8, 4) is 0 Å². The zero-order valence-electron chi connectivity index (χ0n) is 9.78. The van der Waals surface area contributed by atoms with Crippen molar-refractivity contribution in [2.45, 2.75) is 166 Å². The molecule has 24 heavy (non-hydrogen) atoms. The van der Waals surface area contributed by atoms with E-state index >= 15 is 0 Å². The average Bonchev–Trinajstić information content (AvgIpc) is 2.16. The normalized spacial score (nSPS) is 5.75. The second-order valence-corrected chi connectivity index (χ2v) is 4.18. The maximum Gasteiger partial charge on any atom is -0.0533 e. The summed E-state index contributed by atoms with van der Waals surface area (Å²) in [6.07, 6.45) is 15.9. The van der Waals surface area contributed by atoms with Crippen molar-refractivity contribution in [3.05, 3.63) is 0 Å². The van der Waals surface area contributed by atoms with E-state index in [2.05, 4.69) is 13.8 Å². The Hall–Kier alpha value is 0. The van der Waals surface area contributed by atoms with Gasteiger partial charge in [0.1, 0.15) is 0 Å². The third kappa shape index (κ3) is 97.0. The molecule has 0 aliphatic carbocycles. The minimum atomic E-state index is 0. The molecule has 0 amide bonds. The van der Waals surface area contributed by atoms with Crippen LogP contribution in [0, 0.1) is 0 Å². The molecule has 0 unspecified atom stereocenters. The summed E-state index contributed by atoms with van der Waals surface area (Å²) in [7, 11) is 0. The fourth-order valence-corrected chi connectivity index (χ4v) is 1.74. The second kappa shape index (κ2) is 92.0. The first-order valence-corrected chi connectivity index (χ1v) is 6.41. The first-order valence-electron chi connectivity index (χ1n) is 6.41. The minimum Gasteiger partial charge on any atom is -0.0776 e. The van der Waals surface area contributed by atoms with E-state index in [1.54, 1.807) is 0 Å². The summed E-state index contributed by atoms with van der Waals surface area (Å²) in [6.45, 7) is 4.56. The molecule has 0 atom stereocenters. The summed E-state index contributed by atoms with van der Waals surface area (Å²) in [5.41, 5.74) is 0. The molecule has 0 fully saturated rings. The van der Waals surface area contributed by atoms with Gasteiger partial charge in [0.25, 0.3) is 0 Å². The zero-order chi connectivity index (χ0) is 9.78. The van der Waals surface area contributed by atoms with Crippen LogP contribution in [0.25, 0.3) is 0 Å². The molecule has 0 aliphatic heterocycles. The maximum absolute atomic E-state index is 2.28. The maximum atomic E-state index is 2.28. The molecule has 0 spiro atoms. The Morgan fingerprint density at radius 1 is 0.250 bits per heavy atom. The molecule has 0 heteroatoms. The van der Waals surface area contributed by atoms with Crippen LogP contribution >= 0.6 is 0 Å². The molecular formula is C24H72. The van der Waals surface area contributed by atoms with E-state index in [0.717, 1.165) is 0 Å². The predicted molar refractivity (Wildman–Crippen MR) is 136 cm³/mol. The van der Waals surface area contributed by atoms with E-state index in [1.165, 1.54) is 70.6 Å². The molecule has 0 heterocycles. The summed E-state index contributed by atoms with van der Waals surface area (Å²) < 4.78 is 0. The van der Waals surface area contributed by atoms with Crippen molar-refractivity contribution in [1.29, 1.82) is 0 Å². The Morgan fingerprint density at radius 2 is 0.375 bits per heavy atom. The second-order valence-electron chi connectivity index (χ2n) is 4.18. The van der Waals surface area contributed by atoms with E-state index in [9.17, 15) is 0 Å². The fraction of sp³-hybridized carbons (Fsp3) is 1.00. The number of hydrogen-bond acceptors (Lipinski definition) is 0. The summed E-state index contributed by atoms with van der Waals surface area (Å²) in [5.74, 6) is 0. The summed E-state index contributed by atoms with van der Waals surface area (Å²) >= 11 is 0. The smallest absolute Gasteiger partial charge is 0.0533 e. The molecule has 0 aromatic rings. The van der Waals surface area contributed by atoms with Crippen molar-refractivity contribution in [2.75, 3.05) is 0 Å². The van der Waals surface area contributed by atoms with E-state index in [4.69, 9.17) is 0 Å². The first-order chi connectivity index (χ1) is 6.41. The van der Waals surface area contributed by atoms with E-state index in [1.807, 2.05) is 0 Å². The van der Waals surface area contributed by atoms with Crippen molar-refractivity contribution in [3.63, 3.8) is 0 Å². The van der Waals surface area contributed by atoms with Crippen LogP contribution in [0.4, 0.5) is 0 Å². The molecule has 0 rings (SSSR count). The van der Waals surface area contributed by atoms with Gasteiger partial charge in [-0.1, -0.05) is 166 Å². The monoisotopic (exact) mass is 361 g/mol. The molecule has 0 aliphatic rings. The Kier molecular flexibility index (Phi) is 338. The van der Waals surface area contributed by atoms with E-state index in [0.29, 0.717) is 0 Å². The Bertz CT molecular complexity index is 66.1. The molecule has 0 N–H and O–H groups in total. The minimum absolute atomic E-state index is 0. The van der Waals surface area contributed by atoms with Crippen LogP contribution in [0.5, 0.6) is 0 Å². The number of rotatable bonds is 10. The van der Waals surface area contributed by atoms with Gasteiger partial charge >= 0.3 is 0 Å². The largest absolute Gasteiger partial charge is 0.0776 e. The molecular weight excluding hydrogens is 288 g/mol. The highest BCUT2D eigenvalue weighted by atomic mass is 14.0. The molecule has 168 valence electrons. The Balaban J connectivity index is -0.0000000131. The first kappa shape index (κ1) is 88.2. The van der Waals surface area contributed by atoms with Crippen LogP contribution in [0.2, 0.25) is 0 Å². The van der Waals surface area contributed by atoms with Gasteiger partial charge in [-0.2, -0.15) is 0 Å². The lowest BCUT2D eigenvalue weighted by atomic mass is 10.1. The Morgan fingerprint density at radius 3 is 0.500 bits per heavy atom. The van der Waals surface area contributed by atoms with Crippen LogP contribution in [0.15, 0.2) is 0 Å². The van der Waals surface area contributed by atoms with Gasteiger partial charge in [0.05, 0.1) is 0 Å². The molecule has 0 nitrogen and oxygen atoms in total. The Labute approximate surface area is 166 Å². The SMILES string of the molecule is C.C.C.C.C.C.C.C.C.C.C.CCCCCCCCCCCCC. The quantitative estimate of drug-likeness (QED) is 0.340. The highest BCUT2D eigenvalue weighted by Gasteiger charge is 1.90. The highest BCUT2D eigenvalue weighted by Crippen LogP contribution is 2.10. The van der Waals surface area contributed by atoms with Crippen molar-refractivity contribution >= 4 is 0 Å². The van der Waals surface area contributed by atoms with Gasteiger partial charge in [-0.25, -0.2) is 0 Å². The third-order valence-electron chi connectivity index (χ3n) is 2.71. The molecule has 0 saturated heterocycles. The van der Waals surface area contributed by atoms with Gasteiger partial charge in [0.15, 0.2) is 0 Å². The zero-order valence-corrected chi connectivity index (χ0v) is 9.78. The lowest BCUT2D eigenvalue weighted by Crippen LogP contribution is -1.80. The standard InChI is InChI=1S/C13H28.11CH4/c1-3-5-7-9-11-13-12-10-8-6-4-2;;;;;;;;;;;/h3-13H2,1-2H3;11*1H4. The fourth-order valence-electron chi connectivity index (χ4n) is 1.74. The third-order valence-corrected chi connectivity index (χ3v) is 2.71. The van der Waals surface area contributed by atoms with Crippen molar-refractivity contribution in [1.82, 2.24) is 0 Å². The topological polar surface area (TPSA) is 0 Å². The molecule has 0 radical (unpaired) electrons. The molecule has 0 saturated carbocycles. The lowest BCUT2D eigenvalue weighted by molar-refractivity contribution is 0.554. The average molecular weight is 361 g/mol. The van der Waals surface area contributed by atoms with Crippen molar-refractivity contribution in [2.24, 2.45) is 0 Å². The van der Waals surface area contributed by atoms with Gasteiger partial charge in [0, 0.05) is 0 Å². The van der Waals surface area contributed by atoms with Gasteiger partial charge in [-0.05, 0) is 0 Å². The van der Waals surface area contributed by atoms with Crippen LogP contribution in [0.1, 0.15) is 166 Å². The number of hydrogen-bond donors (Lipinski definition) is 0. The molecule has 0 bridgehead atoms. The summed E-state index contributed by atoms with van der Waals surface area (Å²) in [4.78, 5) is 0. The molecule has 0 aromatic carbocycles. The van der Waals surface area contributed by atoms with Gasteiger partial charge < -0.3 is 0 Å². The van der Waals surface area contributed by atoms with Crippen LogP contribution in [0.3, 0.4) is 0 Å². The summed E-state index contributed by atoms with van der Waals surface area (Å²) in [5, 5.41) is 0. The predicted octanol–water partition coefficient (Wildman–Crippen LogP) is 12.3. The molecule has 0 aromatic heterocycles. The van der Waals surface area contributed by atoms with Crippen LogP contribution in [-0.4, -0.2) is 0 Å². The highest BCUT2D eigenvalue weighted by molar-refractivity contribution is 4.46. The van der Waals surface area contributed by atoms with Gasteiger partial charge in [-0.15, -0.1) is 0 Å². The van der Waals surface area contributed by atoms with Crippen LogP contribution < -0.4 is 0 Å². The van der Waals surface area contributed by atoms with E-state index in [-0.39, 0.29) is 81.7 Å². The summed E-state index contributed by atoms with van der Waals surface area (Å²) in [6, 6.07) is 0.